The van der Waals surface area contributed by atoms with E-state index in [1.54, 1.807) is 0 Å². The van der Waals surface area contributed by atoms with Gasteiger partial charge in [-0.3, -0.25) is 0 Å². The van der Waals surface area contributed by atoms with E-state index in [1.165, 1.54) is 31.3 Å². The number of nitrogens with two attached hydrogens (primary N) is 1. The average molecular weight is 357 g/mol. The van der Waals surface area contributed by atoms with Gasteiger partial charge in [-0.1, -0.05) is 6.07 Å². The predicted molar refractivity (Wildman–Crippen MR) is 82.9 cm³/mol. The lowest BCUT2D eigenvalue weighted by atomic mass is 10.1. The van der Waals surface area contributed by atoms with Crippen molar-refractivity contribution in [2.75, 3.05) is 13.7 Å². The number of halogens is 4. The number of hydrogen-bond acceptors (Lipinski definition) is 4. The second-order valence-electron chi connectivity index (χ2n) is 4.87. The largest absolute Gasteiger partial charge is 0.465 e. The van der Waals surface area contributed by atoms with Crippen molar-refractivity contribution < 1.29 is 27.0 Å². The molecule has 0 fully saturated rings. The number of nitrogens with zero attached hydrogens (tertiary/aromatic N) is 2. The maximum atomic E-state index is 13.8. The first-order valence-electron chi connectivity index (χ1n) is 7.15. The number of rotatable bonds is 5. The zero-order valence-electron chi connectivity index (χ0n) is 13.2. The number of benzene rings is 1. The molecule has 5 nitrogen and oxygen atoms in total. The number of hydrogen-bond donors (Lipinski definition) is 1. The van der Waals surface area contributed by atoms with E-state index in [2.05, 4.69) is 9.98 Å². The molecule has 0 aliphatic rings. The summed E-state index contributed by atoms with van der Waals surface area (Å²) in [7, 11) is 1.45. The van der Waals surface area contributed by atoms with Crippen LogP contribution >= 0.6 is 0 Å². The highest BCUT2D eigenvalue weighted by molar-refractivity contribution is 5.71. The van der Waals surface area contributed by atoms with Gasteiger partial charge in [-0.25, -0.2) is 14.4 Å². The van der Waals surface area contributed by atoms with Crippen molar-refractivity contribution in [1.82, 2.24) is 4.98 Å². The average Bonchev–Trinajstić information content (AvgIpc) is 2.57. The highest BCUT2D eigenvalue weighted by Gasteiger charge is 2.32. The summed E-state index contributed by atoms with van der Waals surface area (Å²) in [6.07, 6.45) is -4.40. The van der Waals surface area contributed by atoms with Crippen molar-refractivity contribution in [1.29, 1.82) is 0 Å². The second-order valence-corrected chi connectivity index (χ2v) is 4.87. The minimum atomic E-state index is -4.58. The minimum absolute atomic E-state index is 0.0269. The Balaban J connectivity index is 2.11. The number of pyridine rings is 1. The quantitative estimate of drug-likeness (QED) is 0.505. The number of aromatic nitrogens is 1. The van der Waals surface area contributed by atoms with Gasteiger partial charge in [0, 0.05) is 19.5 Å². The standard InChI is InChI=1S/C16H15F4N3O2/c1-22-15(21)24-8-7-10-9-11(5-6-12(10)17)25-14-4-2-3-13(23-14)16(18,19)20/h2-6,9H,7-8H2,1H3,(H2,21,22). The van der Waals surface area contributed by atoms with Gasteiger partial charge in [0.25, 0.3) is 6.02 Å². The Labute approximate surface area is 141 Å². The molecular weight excluding hydrogens is 342 g/mol. The van der Waals surface area contributed by atoms with E-state index in [-0.39, 0.29) is 36.2 Å². The molecule has 0 bridgehead atoms. The summed E-state index contributed by atoms with van der Waals surface area (Å²) in [5.41, 5.74) is 4.55. The van der Waals surface area contributed by atoms with Crippen LogP contribution in [0.15, 0.2) is 41.4 Å². The molecule has 0 spiro atoms. The smallest absolute Gasteiger partial charge is 0.433 e. The monoisotopic (exact) mass is 357 g/mol. The third kappa shape index (κ3) is 5.33. The third-order valence-corrected chi connectivity index (χ3v) is 3.10. The molecule has 0 saturated heterocycles. The van der Waals surface area contributed by atoms with E-state index in [0.717, 1.165) is 12.1 Å². The molecule has 0 amide bonds. The van der Waals surface area contributed by atoms with Crippen molar-refractivity contribution in [3.63, 3.8) is 0 Å². The van der Waals surface area contributed by atoms with Crippen molar-refractivity contribution in [3.8, 4) is 11.6 Å². The van der Waals surface area contributed by atoms with Crippen LogP contribution in [0, 0.1) is 5.82 Å². The Morgan fingerprint density at radius 3 is 2.68 bits per heavy atom. The number of alkyl halides is 3. The lowest BCUT2D eigenvalue weighted by Gasteiger charge is -2.10. The van der Waals surface area contributed by atoms with Crippen LogP contribution in [0.3, 0.4) is 0 Å². The van der Waals surface area contributed by atoms with Gasteiger partial charge < -0.3 is 15.2 Å². The van der Waals surface area contributed by atoms with Crippen LogP contribution in [-0.4, -0.2) is 24.7 Å². The van der Waals surface area contributed by atoms with Crippen LogP contribution in [-0.2, 0) is 17.3 Å². The molecule has 1 heterocycles. The second kappa shape index (κ2) is 7.82. The molecular formula is C16H15F4N3O2. The topological polar surface area (TPSA) is 69.7 Å². The molecule has 0 aliphatic carbocycles. The first-order valence-corrected chi connectivity index (χ1v) is 7.15. The van der Waals surface area contributed by atoms with Crippen molar-refractivity contribution in [2.24, 2.45) is 10.7 Å². The fourth-order valence-electron chi connectivity index (χ4n) is 1.89. The highest BCUT2D eigenvalue weighted by Crippen LogP contribution is 2.30. The Morgan fingerprint density at radius 2 is 2.00 bits per heavy atom. The van der Waals surface area contributed by atoms with Gasteiger partial charge in [-0.05, 0) is 29.8 Å². The van der Waals surface area contributed by atoms with Crippen LogP contribution in [0.25, 0.3) is 0 Å². The Bertz CT molecular complexity index is 763. The van der Waals surface area contributed by atoms with Crippen LogP contribution in [0.2, 0.25) is 0 Å². The lowest BCUT2D eigenvalue weighted by molar-refractivity contribution is -0.141. The summed E-state index contributed by atoms with van der Waals surface area (Å²) in [5.74, 6) is -0.591. The Kier molecular flexibility index (Phi) is 5.79. The summed E-state index contributed by atoms with van der Waals surface area (Å²) in [4.78, 5) is 6.99. The number of ether oxygens (including phenoxy) is 2. The molecule has 0 atom stereocenters. The maximum Gasteiger partial charge on any atom is 0.433 e. The van der Waals surface area contributed by atoms with Gasteiger partial charge in [0.15, 0.2) is 0 Å². The van der Waals surface area contributed by atoms with E-state index >= 15 is 0 Å². The SMILES string of the molecule is CN=C(N)OCCc1cc(Oc2cccc(C(F)(F)F)n2)ccc1F. The van der Waals surface area contributed by atoms with Crippen molar-refractivity contribution >= 4 is 6.02 Å². The molecule has 1 aromatic carbocycles. The normalized spacial score (nSPS) is 12.1. The van der Waals surface area contributed by atoms with Crippen LogP contribution in [0.4, 0.5) is 17.6 Å². The van der Waals surface area contributed by atoms with Crippen LogP contribution in [0.5, 0.6) is 11.6 Å². The van der Waals surface area contributed by atoms with Gasteiger partial charge in [0.2, 0.25) is 5.88 Å². The van der Waals surface area contributed by atoms with Crippen LogP contribution < -0.4 is 10.5 Å². The van der Waals surface area contributed by atoms with Crippen molar-refractivity contribution in [2.45, 2.75) is 12.6 Å². The molecule has 25 heavy (non-hydrogen) atoms. The summed E-state index contributed by atoms with van der Waals surface area (Å²) in [6, 6.07) is 7.07. The summed E-state index contributed by atoms with van der Waals surface area (Å²) in [6.45, 7) is 0.0886. The molecule has 0 radical (unpaired) electrons. The number of amidine groups is 1. The molecule has 2 rings (SSSR count). The molecule has 2 N–H and O–H groups in total. The minimum Gasteiger partial charge on any atom is -0.465 e. The first-order chi connectivity index (χ1) is 11.8. The zero-order valence-corrected chi connectivity index (χ0v) is 13.2. The molecule has 0 saturated carbocycles. The van der Waals surface area contributed by atoms with Gasteiger partial charge >= 0.3 is 6.18 Å². The molecule has 0 aliphatic heterocycles. The molecule has 134 valence electrons. The fraction of sp³-hybridized carbons (Fsp3) is 0.250. The molecule has 1 aromatic heterocycles. The van der Waals surface area contributed by atoms with Gasteiger partial charge in [-0.15, -0.1) is 0 Å². The Morgan fingerprint density at radius 1 is 1.24 bits per heavy atom. The van der Waals surface area contributed by atoms with E-state index in [1.807, 2.05) is 0 Å². The number of aliphatic imine (C=N–C) groups is 1. The molecule has 9 heteroatoms. The van der Waals surface area contributed by atoms with Gasteiger partial charge in [0.05, 0.1) is 6.61 Å². The summed E-state index contributed by atoms with van der Waals surface area (Å²) >= 11 is 0. The van der Waals surface area contributed by atoms with E-state index < -0.39 is 17.7 Å². The molecule has 0 unspecified atom stereocenters. The fourth-order valence-corrected chi connectivity index (χ4v) is 1.89. The zero-order chi connectivity index (χ0) is 18.4. The predicted octanol–water partition coefficient (Wildman–Crippen LogP) is 3.54. The maximum absolute atomic E-state index is 13.8. The van der Waals surface area contributed by atoms with E-state index in [4.69, 9.17) is 15.2 Å². The van der Waals surface area contributed by atoms with E-state index in [0.29, 0.717) is 0 Å². The van der Waals surface area contributed by atoms with Crippen LogP contribution in [0.1, 0.15) is 11.3 Å². The summed E-state index contributed by atoms with van der Waals surface area (Å²) in [5, 5.41) is 0. The first kappa shape index (κ1) is 18.5. The Hall–Kier alpha value is -2.84. The van der Waals surface area contributed by atoms with Gasteiger partial charge in [0.1, 0.15) is 17.3 Å². The van der Waals surface area contributed by atoms with Gasteiger partial charge in [-0.2, -0.15) is 13.2 Å². The van der Waals surface area contributed by atoms with Crippen molar-refractivity contribution in [3.05, 3.63) is 53.5 Å². The lowest BCUT2D eigenvalue weighted by Crippen LogP contribution is -2.17. The molecule has 2 aromatic rings. The third-order valence-electron chi connectivity index (χ3n) is 3.10. The highest BCUT2D eigenvalue weighted by atomic mass is 19.4. The van der Waals surface area contributed by atoms with E-state index in [9.17, 15) is 17.6 Å². The summed E-state index contributed by atoms with van der Waals surface area (Å²) < 4.78 is 62.1.